The van der Waals surface area contributed by atoms with E-state index in [9.17, 15) is 14.9 Å². The Labute approximate surface area is 65.7 Å². The molecule has 0 spiro atoms. The Bertz CT molecular complexity index is 140. The molecule has 0 aromatic rings. The number of carbonyl (C=O) groups excluding carboxylic acids is 1. The highest BCUT2D eigenvalue weighted by atomic mass is 16.6. The van der Waals surface area contributed by atoms with Crippen LogP contribution in [0.3, 0.4) is 0 Å². The Morgan fingerprint density at radius 2 is 2.18 bits per heavy atom. The first-order valence-corrected chi connectivity index (χ1v) is 3.67. The van der Waals surface area contributed by atoms with Gasteiger partial charge in [-0.2, -0.15) is 0 Å². The summed E-state index contributed by atoms with van der Waals surface area (Å²) in [7, 11) is 0. The highest BCUT2D eigenvalue weighted by Gasteiger charge is 2.14. The van der Waals surface area contributed by atoms with Gasteiger partial charge in [0.15, 0.2) is 0 Å². The summed E-state index contributed by atoms with van der Waals surface area (Å²) >= 11 is 0. The van der Waals surface area contributed by atoms with E-state index in [4.69, 9.17) is 0 Å². The lowest BCUT2D eigenvalue weighted by Gasteiger charge is -2.05. The average Bonchev–Trinajstić information content (AvgIpc) is 1.84. The minimum atomic E-state index is -0.364. The van der Waals surface area contributed by atoms with Crippen molar-refractivity contribution < 1.29 is 9.72 Å². The zero-order valence-electron chi connectivity index (χ0n) is 6.87. The number of carbonyl (C=O) groups is 1. The standard InChI is InChI=1S/C7H13NO3/c1-3-7(4-6(2)9)5-8(10)11/h7H,3-5H2,1-2H3. The third kappa shape index (κ3) is 5.51. The highest BCUT2D eigenvalue weighted by molar-refractivity contribution is 5.75. The molecule has 0 N–H and O–H groups in total. The van der Waals surface area contributed by atoms with Crippen molar-refractivity contribution in [2.45, 2.75) is 26.7 Å². The molecule has 0 aromatic heterocycles. The first kappa shape index (κ1) is 10.1. The van der Waals surface area contributed by atoms with Crippen LogP contribution < -0.4 is 0 Å². The van der Waals surface area contributed by atoms with Crippen LogP contribution >= 0.6 is 0 Å². The Kier molecular flexibility index (Phi) is 4.41. The van der Waals surface area contributed by atoms with E-state index in [0.29, 0.717) is 12.8 Å². The van der Waals surface area contributed by atoms with Crippen LogP contribution in [0.1, 0.15) is 26.7 Å². The number of hydrogen-bond acceptors (Lipinski definition) is 3. The van der Waals surface area contributed by atoms with E-state index in [1.165, 1.54) is 6.92 Å². The lowest BCUT2D eigenvalue weighted by molar-refractivity contribution is -0.488. The smallest absolute Gasteiger partial charge is 0.207 e. The average molecular weight is 159 g/mol. The zero-order chi connectivity index (χ0) is 8.85. The third-order valence-corrected chi connectivity index (χ3v) is 1.56. The molecule has 4 heteroatoms. The van der Waals surface area contributed by atoms with Crippen molar-refractivity contribution in [2.24, 2.45) is 5.92 Å². The Morgan fingerprint density at radius 3 is 2.45 bits per heavy atom. The van der Waals surface area contributed by atoms with Gasteiger partial charge in [-0.05, 0) is 13.3 Å². The van der Waals surface area contributed by atoms with Crippen LogP contribution in [0.4, 0.5) is 0 Å². The predicted molar refractivity (Wildman–Crippen MR) is 40.9 cm³/mol. The fraction of sp³-hybridized carbons (Fsp3) is 0.857. The van der Waals surface area contributed by atoms with Crippen molar-refractivity contribution in [3.63, 3.8) is 0 Å². The first-order chi connectivity index (χ1) is 5.06. The maximum atomic E-state index is 10.6. The Morgan fingerprint density at radius 1 is 1.64 bits per heavy atom. The number of ketones is 1. The molecule has 0 rings (SSSR count). The van der Waals surface area contributed by atoms with Crippen molar-refractivity contribution in [1.82, 2.24) is 0 Å². The van der Waals surface area contributed by atoms with Crippen LogP contribution in [0.2, 0.25) is 0 Å². The highest BCUT2D eigenvalue weighted by Crippen LogP contribution is 2.08. The van der Waals surface area contributed by atoms with Crippen molar-refractivity contribution in [2.75, 3.05) is 6.54 Å². The molecule has 0 saturated carbocycles. The van der Waals surface area contributed by atoms with Crippen molar-refractivity contribution >= 4 is 5.78 Å². The van der Waals surface area contributed by atoms with E-state index >= 15 is 0 Å². The van der Waals surface area contributed by atoms with Crippen molar-refractivity contribution in [1.29, 1.82) is 0 Å². The Hall–Kier alpha value is -0.930. The van der Waals surface area contributed by atoms with Crippen molar-refractivity contribution in [3.8, 4) is 0 Å². The van der Waals surface area contributed by atoms with Crippen molar-refractivity contribution in [3.05, 3.63) is 10.1 Å². The number of hydrogen-bond donors (Lipinski definition) is 0. The minimum Gasteiger partial charge on any atom is -0.300 e. The summed E-state index contributed by atoms with van der Waals surface area (Å²) in [4.78, 5) is 20.3. The van der Waals surface area contributed by atoms with Crippen LogP contribution in [-0.4, -0.2) is 17.3 Å². The van der Waals surface area contributed by atoms with Gasteiger partial charge < -0.3 is 4.79 Å². The topological polar surface area (TPSA) is 60.2 Å². The molecule has 0 aliphatic carbocycles. The largest absolute Gasteiger partial charge is 0.300 e. The van der Waals surface area contributed by atoms with Gasteiger partial charge in [0.05, 0.1) is 0 Å². The molecule has 0 bridgehead atoms. The fourth-order valence-corrected chi connectivity index (χ4v) is 0.955. The van der Waals surface area contributed by atoms with Crippen LogP contribution in [0, 0.1) is 16.0 Å². The summed E-state index contributed by atoms with van der Waals surface area (Å²) in [5.41, 5.74) is 0. The van der Waals surface area contributed by atoms with Gasteiger partial charge in [0, 0.05) is 17.3 Å². The van der Waals surface area contributed by atoms with Crippen LogP contribution in [0.5, 0.6) is 0 Å². The van der Waals surface area contributed by atoms with E-state index in [-0.39, 0.29) is 23.2 Å². The molecular formula is C7H13NO3. The normalized spacial score (nSPS) is 12.5. The molecule has 64 valence electrons. The van der Waals surface area contributed by atoms with Gasteiger partial charge >= 0.3 is 0 Å². The van der Waals surface area contributed by atoms with E-state index in [1.54, 1.807) is 0 Å². The molecule has 0 amide bonds. The molecule has 0 fully saturated rings. The monoisotopic (exact) mass is 159 g/mol. The molecule has 1 atom stereocenters. The number of Topliss-reactive ketones (excluding diaryl/α,β-unsaturated/α-hetero) is 1. The second-order valence-electron chi connectivity index (χ2n) is 2.70. The van der Waals surface area contributed by atoms with E-state index in [0.717, 1.165) is 0 Å². The molecule has 4 nitrogen and oxygen atoms in total. The van der Waals surface area contributed by atoms with Crippen LogP contribution in [-0.2, 0) is 4.79 Å². The van der Waals surface area contributed by atoms with Gasteiger partial charge in [-0.3, -0.25) is 10.1 Å². The van der Waals surface area contributed by atoms with Gasteiger partial charge in [-0.25, -0.2) is 0 Å². The molecular weight excluding hydrogens is 146 g/mol. The molecule has 0 radical (unpaired) electrons. The molecule has 0 saturated heterocycles. The van der Waals surface area contributed by atoms with Gasteiger partial charge in [-0.15, -0.1) is 0 Å². The first-order valence-electron chi connectivity index (χ1n) is 3.67. The summed E-state index contributed by atoms with van der Waals surface area (Å²) in [6.07, 6.45) is 1.03. The lowest BCUT2D eigenvalue weighted by atomic mass is 10.0. The Balaban J connectivity index is 3.76. The third-order valence-electron chi connectivity index (χ3n) is 1.56. The molecule has 0 aliphatic rings. The van der Waals surface area contributed by atoms with Gasteiger partial charge in [0.1, 0.15) is 5.78 Å². The maximum Gasteiger partial charge on any atom is 0.207 e. The van der Waals surface area contributed by atoms with E-state index in [1.807, 2.05) is 6.92 Å². The zero-order valence-corrected chi connectivity index (χ0v) is 6.87. The second kappa shape index (κ2) is 4.82. The molecule has 0 aliphatic heterocycles. The molecule has 0 heterocycles. The SMILES string of the molecule is CCC(CC(C)=O)C[N+](=O)[O-]. The summed E-state index contributed by atoms with van der Waals surface area (Å²) in [6, 6.07) is 0. The lowest BCUT2D eigenvalue weighted by Crippen LogP contribution is -2.15. The fourth-order valence-electron chi connectivity index (χ4n) is 0.955. The molecule has 0 aromatic carbocycles. The van der Waals surface area contributed by atoms with Crippen LogP contribution in [0.15, 0.2) is 0 Å². The molecule has 1 unspecified atom stereocenters. The summed E-state index contributed by atoms with van der Waals surface area (Å²) in [5, 5.41) is 10.0. The number of nitrogens with zero attached hydrogens (tertiary/aromatic N) is 1. The van der Waals surface area contributed by atoms with Gasteiger partial charge in [-0.1, -0.05) is 6.92 Å². The minimum absolute atomic E-state index is 0.0266. The van der Waals surface area contributed by atoms with E-state index in [2.05, 4.69) is 0 Å². The summed E-state index contributed by atoms with van der Waals surface area (Å²) in [6.45, 7) is 3.23. The van der Waals surface area contributed by atoms with Gasteiger partial charge in [0.25, 0.3) is 0 Å². The van der Waals surface area contributed by atoms with Crippen LogP contribution in [0.25, 0.3) is 0 Å². The van der Waals surface area contributed by atoms with Gasteiger partial charge in [0.2, 0.25) is 6.54 Å². The quantitative estimate of drug-likeness (QED) is 0.448. The second-order valence-corrected chi connectivity index (χ2v) is 2.70. The molecule has 11 heavy (non-hydrogen) atoms. The summed E-state index contributed by atoms with van der Waals surface area (Å²) in [5.74, 6) is -0.0544. The van der Waals surface area contributed by atoms with E-state index < -0.39 is 0 Å². The number of rotatable bonds is 5. The maximum absolute atomic E-state index is 10.6. The summed E-state index contributed by atoms with van der Waals surface area (Å²) < 4.78 is 0. The number of nitro groups is 1. The predicted octanol–water partition coefficient (Wildman–Crippen LogP) is 1.27.